The molecule has 26 heavy (non-hydrogen) atoms. The van der Waals surface area contributed by atoms with E-state index in [0.717, 1.165) is 6.08 Å². The summed E-state index contributed by atoms with van der Waals surface area (Å²) in [5.41, 5.74) is 6.60. The molecule has 0 bridgehead atoms. The molecule has 4 atom stereocenters. The molecule has 11 nitrogen and oxygen atoms in total. The Labute approximate surface area is 147 Å². The number of rotatable bonds is 4. The highest BCUT2D eigenvalue weighted by Gasteiger charge is 2.39. The number of carboxylic acid groups (broad SMARTS) is 1. The minimum atomic E-state index is -1.25. The number of aliphatic carboxylic acids is 1. The van der Waals surface area contributed by atoms with Gasteiger partial charge in [-0.25, -0.2) is 19.7 Å². The Bertz CT molecular complexity index is 865. The van der Waals surface area contributed by atoms with Gasteiger partial charge in [0.05, 0.1) is 18.4 Å². The van der Waals surface area contributed by atoms with Crippen molar-refractivity contribution in [3.05, 3.63) is 24.8 Å². The highest BCUT2D eigenvalue weighted by atomic mass is 16.4. The van der Waals surface area contributed by atoms with E-state index in [1.807, 2.05) is 0 Å². The molecular weight excluding hydrogens is 344 g/mol. The van der Waals surface area contributed by atoms with Gasteiger partial charge >= 0.3 is 5.97 Å². The Morgan fingerprint density at radius 3 is 2.69 bits per heavy atom. The second-order valence-electron chi connectivity index (χ2n) is 6.00. The maximum absolute atomic E-state index is 11.7. The van der Waals surface area contributed by atoms with Gasteiger partial charge in [0.1, 0.15) is 24.1 Å². The predicted octanol–water partition coefficient (Wildman–Crippen LogP) is -1.41. The largest absolute Gasteiger partial charge is 0.478 e. The smallest absolute Gasteiger partial charge is 0.328 e. The van der Waals surface area contributed by atoms with E-state index >= 15 is 0 Å². The van der Waals surface area contributed by atoms with Crippen LogP contribution in [0.15, 0.2) is 24.8 Å². The van der Waals surface area contributed by atoms with Crippen LogP contribution in [0.25, 0.3) is 11.2 Å². The molecule has 1 saturated carbocycles. The maximum Gasteiger partial charge on any atom is 0.328 e. The quantitative estimate of drug-likeness (QED) is 0.409. The normalized spacial score (nSPS) is 26.2. The second kappa shape index (κ2) is 7.06. The fraction of sp³-hybridized carbons (Fsp3) is 0.400. The number of aliphatic hydroxyl groups is 2. The van der Waals surface area contributed by atoms with Crippen LogP contribution in [0.5, 0.6) is 0 Å². The molecule has 1 amide bonds. The van der Waals surface area contributed by atoms with E-state index in [0.29, 0.717) is 30.1 Å². The SMILES string of the molecule is Nc1ncnc2c1ncn2[C@@H]1CC[C@@H](NC(=O)/C=C/C(=O)O)[C@@H](O)[C@@H]1O. The van der Waals surface area contributed by atoms with E-state index < -0.39 is 36.2 Å². The van der Waals surface area contributed by atoms with E-state index in [2.05, 4.69) is 20.3 Å². The number of nitrogens with one attached hydrogen (secondary N) is 1. The van der Waals surface area contributed by atoms with Crippen LogP contribution in [-0.4, -0.2) is 65.0 Å². The van der Waals surface area contributed by atoms with E-state index in [9.17, 15) is 19.8 Å². The van der Waals surface area contributed by atoms with Crippen molar-refractivity contribution in [2.24, 2.45) is 0 Å². The topological polar surface area (TPSA) is 176 Å². The number of hydrogen-bond acceptors (Lipinski definition) is 8. The fourth-order valence-electron chi connectivity index (χ4n) is 3.11. The molecule has 1 aliphatic rings. The molecule has 1 fully saturated rings. The van der Waals surface area contributed by atoms with Crippen LogP contribution < -0.4 is 11.1 Å². The first kappa shape index (κ1) is 17.8. The lowest BCUT2D eigenvalue weighted by molar-refractivity contribution is -0.131. The van der Waals surface area contributed by atoms with Crippen LogP contribution in [0.4, 0.5) is 5.82 Å². The van der Waals surface area contributed by atoms with Crippen molar-refractivity contribution < 1.29 is 24.9 Å². The zero-order chi connectivity index (χ0) is 18.8. The van der Waals surface area contributed by atoms with Crippen molar-refractivity contribution in [2.75, 3.05) is 5.73 Å². The summed E-state index contributed by atoms with van der Waals surface area (Å²) >= 11 is 0. The molecule has 11 heteroatoms. The molecule has 0 unspecified atom stereocenters. The zero-order valence-electron chi connectivity index (χ0n) is 13.6. The Hall–Kier alpha value is -3.05. The lowest BCUT2D eigenvalue weighted by Crippen LogP contribution is -2.54. The van der Waals surface area contributed by atoms with Gasteiger partial charge < -0.3 is 30.9 Å². The number of hydrogen-bond donors (Lipinski definition) is 5. The summed E-state index contributed by atoms with van der Waals surface area (Å²) in [6.07, 6.45) is 2.70. The van der Waals surface area contributed by atoms with E-state index in [1.165, 1.54) is 12.7 Å². The average Bonchev–Trinajstić information content (AvgIpc) is 3.03. The fourth-order valence-corrected chi connectivity index (χ4v) is 3.11. The molecule has 0 aliphatic heterocycles. The molecule has 2 heterocycles. The molecule has 0 aromatic carbocycles. The number of nitrogens with two attached hydrogens (primary N) is 1. The molecule has 0 radical (unpaired) electrons. The third-order valence-electron chi connectivity index (χ3n) is 4.38. The molecule has 2 aromatic rings. The third-order valence-corrected chi connectivity index (χ3v) is 4.38. The first-order valence-corrected chi connectivity index (χ1v) is 7.89. The first-order valence-electron chi connectivity index (χ1n) is 7.89. The molecule has 0 saturated heterocycles. The zero-order valence-corrected chi connectivity index (χ0v) is 13.6. The van der Waals surface area contributed by atoms with Crippen molar-refractivity contribution in [1.82, 2.24) is 24.8 Å². The van der Waals surface area contributed by atoms with Gasteiger partial charge in [0.25, 0.3) is 0 Å². The third kappa shape index (κ3) is 3.34. The van der Waals surface area contributed by atoms with Gasteiger partial charge in [-0.1, -0.05) is 0 Å². The van der Waals surface area contributed by atoms with Crippen molar-refractivity contribution in [1.29, 1.82) is 0 Å². The first-order chi connectivity index (χ1) is 12.4. The number of anilines is 1. The summed E-state index contributed by atoms with van der Waals surface area (Å²) in [4.78, 5) is 34.3. The van der Waals surface area contributed by atoms with Crippen LogP contribution in [-0.2, 0) is 9.59 Å². The second-order valence-corrected chi connectivity index (χ2v) is 6.00. The molecule has 0 spiro atoms. The Morgan fingerprint density at radius 1 is 1.19 bits per heavy atom. The van der Waals surface area contributed by atoms with Crippen LogP contribution in [0.2, 0.25) is 0 Å². The number of carbonyl (C=O) groups is 2. The Morgan fingerprint density at radius 2 is 1.96 bits per heavy atom. The van der Waals surface area contributed by atoms with Gasteiger partial charge in [0.2, 0.25) is 5.91 Å². The Kier molecular flexibility index (Phi) is 4.82. The lowest BCUT2D eigenvalue weighted by atomic mass is 9.85. The summed E-state index contributed by atoms with van der Waals surface area (Å²) in [5.74, 6) is -1.69. The molecule has 2 aromatic heterocycles. The number of imidazole rings is 1. The van der Waals surface area contributed by atoms with Gasteiger partial charge in [-0.05, 0) is 12.8 Å². The average molecular weight is 362 g/mol. The van der Waals surface area contributed by atoms with Crippen molar-refractivity contribution in [3.8, 4) is 0 Å². The van der Waals surface area contributed by atoms with Crippen LogP contribution in [0.1, 0.15) is 18.9 Å². The van der Waals surface area contributed by atoms with Gasteiger partial charge in [-0.3, -0.25) is 4.79 Å². The highest BCUT2D eigenvalue weighted by Crippen LogP contribution is 2.32. The van der Waals surface area contributed by atoms with Gasteiger partial charge in [0.15, 0.2) is 11.5 Å². The summed E-state index contributed by atoms with van der Waals surface area (Å²) in [6.45, 7) is 0. The summed E-state index contributed by atoms with van der Waals surface area (Å²) < 4.78 is 1.63. The molecule has 1 aliphatic carbocycles. The van der Waals surface area contributed by atoms with Crippen molar-refractivity contribution >= 4 is 28.9 Å². The number of carbonyl (C=O) groups excluding carboxylic acids is 1. The molecule has 6 N–H and O–H groups in total. The number of fused-ring (bicyclic) bond motifs is 1. The summed E-state index contributed by atoms with van der Waals surface area (Å²) in [5, 5.41) is 31.9. The minimum absolute atomic E-state index is 0.218. The molecule has 138 valence electrons. The highest BCUT2D eigenvalue weighted by molar-refractivity contribution is 5.94. The van der Waals surface area contributed by atoms with Gasteiger partial charge in [0, 0.05) is 12.2 Å². The van der Waals surface area contributed by atoms with Crippen molar-refractivity contribution in [2.45, 2.75) is 37.1 Å². The summed E-state index contributed by atoms with van der Waals surface area (Å²) in [7, 11) is 0. The van der Waals surface area contributed by atoms with Crippen LogP contribution in [0.3, 0.4) is 0 Å². The van der Waals surface area contributed by atoms with E-state index in [4.69, 9.17) is 10.8 Å². The predicted molar refractivity (Wildman–Crippen MR) is 88.7 cm³/mol. The number of nitrogen functional groups attached to an aromatic ring is 1. The molecule has 3 rings (SSSR count). The maximum atomic E-state index is 11.7. The number of aliphatic hydroxyl groups excluding tert-OH is 2. The Balaban J connectivity index is 1.75. The van der Waals surface area contributed by atoms with Crippen LogP contribution >= 0.6 is 0 Å². The van der Waals surface area contributed by atoms with E-state index in [1.54, 1.807) is 4.57 Å². The van der Waals surface area contributed by atoms with Crippen LogP contribution in [0, 0.1) is 0 Å². The van der Waals surface area contributed by atoms with E-state index in [-0.39, 0.29) is 5.82 Å². The van der Waals surface area contributed by atoms with Gasteiger partial charge in [-0.15, -0.1) is 0 Å². The number of aromatic nitrogens is 4. The number of amides is 1. The summed E-state index contributed by atoms with van der Waals surface area (Å²) in [6, 6.07) is -1.21. The van der Waals surface area contributed by atoms with Gasteiger partial charge in [-0.2, -0.15) is 0 Å². The monoisotopic (exact) mass is 362 g/mol. The molecular formula is C15H18N6O5. The lowest BCUT2D eigenvalue weighted by Gasteiger charge is -2.38. The van der Waals surface area contributed by atoms with Crippen molar-refractivity contribution in [3.63, 3.8) is 0 Å². The standard InChI is InChI=1S/C15H18N6O5/c16-14-11-15(18-5-17-14)21(6-19-11)8-2-1-7(12(25)13(8)26)20-9(22)3-4-10(23)24/h3-8,12-13,25-26H,1-2H2,(H,20,22)(H,23,24)(H2,16,17,18)/b4-3+/t7-,8-,12-,13-/m1/s1. The number of carboxylic acids is 1. The minimum Gasteiger partial charge on any atom is -0.478 e. The number of nitrogens with zero attached hydrogens (tertiary/aromatic N) is 4.